The normalized spacial score (nSPS) is 20.9. The number of rotatable bonds is 10. The molecule has 2 aromatic rings. The van der Waals surface area contributed by atoms with E-state index in [1.807, 2.05) is 39.3 Å². The lowest BCUT2D eigenvalue weighted by Crippen LogP contribution is -2.41. The third kappa shape index (κ3) is 7.27. The average molecular weight is 561 g/mol. The first kappa shape index (κ1) is 29.7. The van der Waals surface area contributed by atoms with Gasteiger partial charge in [0.25, 0.3) is 0 Å². The number of anilines is 5. The smallest absolute Gasteiger partial charge is 0.412 e. The molecule has 1 heterocycles. The highest BCUT2D eigenvalue weighted by Gasteiger charge is 2.47. The predicted octanol–water partition coefficient (Wildman–Crippen LogP) is 4.13. The molecule has 1 fully saturated rings. The van der Waals surface area contributed by atoms with E-state index in [9.17, 15) is 14.9 Å². The zero-order chi connectivity index (χ0) is 29.9. The lowest BCUT2D eigenvalue weighted by atomic mass is 9.88. The van der Waals surface area contributed by atoms with Gasteiger partial charge in [0.1, 0.15) is 17.5 Å². The van der Waals surface area contributed by atoms with Gasteiger partial charge in [0.2, 0.25) is 5.91 Å². The lowest BCUT2D eigenvalue weighted by Gasteiger charge is -2.28. The van der Waals surface area contributed by atoms with Crippen LogP contribution in [-0.4, -0.2) is 67.8 Å². The summed E-state index contributed by atoms with van der Waals surface area (Å²) in [5.41, 5.74) is 8.02. The van der Waals surface area contributed by atoms with Crippen molar-refractivity contribution in [2.24, 2.45) is 23.5 Å². The number of hydrogen-bond acceptors (Lipinski definition) is 9. The van der Waals surface area contributed by atoms with E-state index >= 15 is 0 Å². The summed E-state index contributed by atoms with van der Waals surface area (Å²) in [7, 11) is 6.03. The Morgan fingerprint density at radius 1 is 1.10 bits per heavy atom. The van der Waals surface area contributed by atoms with Gasteiger partial charge >= 0.3 is 6.09 Å². The number of pyridine rings is 1. The van der Waals surface area contributed by atoms with Crippen molar-refractivity contribution < 1.29 is 14.3 Å². The number of amides is 2. The molecule has 11 heteroatoms. The van der Waals surface area contributed by atoms with Gasteiger partial charge in [-0.25, -0.2) is 9.78 Å². The molecule has 11 nitrogen and oxygen atoms in total. The maximum absolute atomic E-state index is 12.7. The van der Waals surface area contributed by atoms with E-state index in [2.05, 4.69) is 49.0 Å². The number of nitrogens with two attached hydrogens (primary N) is 1. The Balaban J connectivity index is 1.61. The van der Waals surface area contributed by atoms with Crippen molar-refractivity contribution >= 4 is 40.6 Å². The van der Waals surface area contributed by atoms with Gasteiger partial charge in [0, 0.05) is 44.1 Å². The summed E-state index contributed by atoms with van der Waals surface area (Å²) < 4.78 is 5.50. The van der Waals surface area contributed by atoms with Crippen LogP contribution < -0.4 is 26.6 Å². The summed E-state index contributed by atoms with van der Waals surface area (Å²) in [6.45, 7) is 7.08. The molecule has 0 saturated heterocycles. The molecule has 4 atom stereocenters. The van der Waals surface area contributed by atoms with E-state index in [-0.39, 0.29) is 29.7 Å². The summed E-state index contributed by atoms with van der Waals surface area (Å²) in [6, 6.07) is 9.42. The van der Waals surface area contributed by atoms with Crippen LogP contribution in [0.2, 0.25) is 0 Å². The van der Waals surface area contributed by atoms with E-state index in [4.69, 9.17) is 10.5 Å². The number of aromatic nitrogens is 1. The number of nitrogens with zero attached hydrogens (tertiary/aromatic N) is 4. The highest BCUT2D eigenvalue weighted by molar-refractivity contribution is 5.92. The minimum absolute atomic E-state index is 0.107. The van der Waals surface area contributed by atoms with Crippen LogP contribution in [0.4, 0.5) is 33.4 Å². The number of nitrogens with one attached hydrogen (secondary N) is 3. The monoisotopic (exact) mass is 560 g/mol. The molecule has 2 bridgehead atoms. The van der Waals surface area contributed by atoms with Crippen LogP contribution in [0, 0.1) is 29.1 Å². The van der Waals surface area contributed by atoms with Crippen LogP contribution in [-0.2, 0) is 9.53 Å². The molecular formula is C30H40N8O3. The number of carbonyl (C=O) groups excluding carboxylic acids is 2. The predicted molar refractivity (Wildman–Crippen MR) is 161 cm³/mol. The molecular weight excluding hydrogens is 520 g/mol. The summed E-state index contributed by atoms with van der Waals surface area (Å²) >= 11 is 0. The Morgan fingerprint density at radius 2 is 1.83 bits per heavy atom. The Bertz CT molecular complexity index is 1360. The number of primary amides is 1. The Hall–Kier alpha value is -4.30. The van der Waals surface area contributed by atoms with E-state index in [1.165, 1.54) is 6.20 Å². The molecule has 1 aromatic carbocycles. The molecule has 0 aliphatic heterocycles. The largest absolute Gasteiger partial charge is 0.444 e. The third-order valence-electron chi connectivity index (χ3n) is 7.36. The van der Waals surface area contributed by atoms with Gasteiger partial charge in [-0.2, -0.15) is 5.26 Å². The Morgan fingerprint density at radius 3 is 2.49 bits per heavy atom. The summed E-state index contributed by atoms with van der Waals surface area (Å²) in [4.78, 5) is 33.6. The SMILES string of the molecule is CN(C)CCN(C)c1ccc(Nc2cc(N[C@H]3[C@@H](C(N)=O)[C@@H]4C=C[C@H]3C4)c(C#N)cn2)c(NC(=O)OC(C)(C)C)c1. The summed E-state index contributed by atoms with van der Waals surface area (Å²) in [6.07, 6.45) is 5.94. The molecule has 0 radical (unpaired) electrons. The molecule has 0 spiro atoms. The summed E-state index contributed by atoms with van der Waals surface area (Å²) in [5.74, 6) is 0.0365. The molecule has 41 heavy (non-hydrogen) atoms. The minimum Gasteiger partial charge on any atom is -0.444 e. The van der Waals surface area contributed by atoms with Crippen molar-refractivity contribution in [1.29, 1.82) is 5.26 Å². The second kappa shape index (κ2) is 12.1. The van der Waals surface area contributed by atoms with Gasteiger partial charge in [-0.15, -0.1) is 0 Å². The lowest BCUT2D eigenvalue weighted by molar-refractivity contribution is -0.122. The van der Waals surface area contributed by atoms with Crippen molar-refractivity contribution in [3.63, 3.8) is 0 Å². The van der Waals surface area contributed by atoms with Crippen LogP contribution in [0.1, 0.15) is 32.8 Å². The second-order valence-electron chi connectivity index (χ2n) is 12.0. The van der Waals surface area contributed by atoms with Gasteiger partial charge in [-0.3, -0.25) is 10.1 Å². The van der Waals surface area contributed by atoms with Crippen molar-refractivity contribution in [1.82, 2.24) is 9.88 Å². The second-order valence-corrected chi connectivity index (χ2v) is 12.0. The Labute approximate surface area is 241 Å². The van der Waals surface area contributed by atoms with Gasteiger partial charge in [-0.1, -0.05) is 12.2 Å². The molecule has 0 unspecified atom stereocenters. The molecule has 1 aromatic heterocycles. The number of ether oxygens (including phenoxy) is 1. The van der Waals surface area contributed by atoms with Crippen LogP contribution in [0.5, 0.6) is 0 Å². The molecule has 5 N–H and O–H groups in total. The first-order chi connectivity index (χ1) is 19.3. The van der Waals surface area contributed by atoms with Crippen molar-refractivity contribution in [3.8, 4) is 6.07 Å². The zero-order valence-electron chi connectivity index (χ0n) is 24.6. The van der Waals surface area contributed by atoms with E-state index < -0.39 is 11.7 Å². The van der Waals surface area contributed by atoms with Gasteiger partial charge in [0.05, 0.1) is 28.5 Å². The Kier molecular flexibility index (Phi) is 8.73. The molecule has 1 saturated carbocycles. The van der Waals surface area contributed by atoms with Crippen molar-refractivity contribution in [2.45, 2.75) is 38.8 Å². The van der Waals surface area contributed by atoms with Crippen LogP contribution in [0.3, 0.4) is 0 Å². The van der Waals surface area contributed by atoms with E-state index in [0.717, 1.165) is 25.2 Å². The quantitative estimate of drug-likeness (QED) is 0.315. The molecule has 4 rings (SSSR count). The molecule has 218 valence electrons. The average Bonchev–Trinajstić information content (AvgIpc) is 3.49. The van der Waals surface area contributed by atoms with Crippen molar-refractivity contribution in [2.75, 3.05) is 55.1 Å². The van der Waals surface area contributed by atoms with Crippen molar-refractivity contribution in [3.05, 3.63) is 48.2 Å². The number of likely N-dealkylation sites (N-methyl/N-ethyl adjacent to an activating group) is 2. The van der Waals surface area contributed by atoms with Gasteiger partial charge in [0.15, 0.2) is 0 Å². The zero-order valence-corrected chi connectivity index (χ0v) is 24.6. The highest BCUT2D eigenvalue weighted by Crippen LogP contribution is 2.45. The van der Waals surface area contributed by atoms with Gasteiger partial charge in [-0.05, 0) is 71.3 Å². The van der Waals surface area contributed by atoms with E-state index in [1.54, 1.807) is 26.8 Å². The number of hydrogen-bond donors (Lipinski definition) is 4. The standard InChI is InChI=1S/C30H40N8O3/c1-30(2,3)41-29(40)36-24-14-21(38(6)12-11-37(4)5)9-10-22(24)34-25-15-23(20(16-31)17-33-25)35-27-19-8-7-18(13-19)26(27)28(32)39/h7-10,14-15,17-19,26-27H,11-13H2,1-6H3,(H2,32,39)(H,36,40)(H2,33,34,35)/t18-,19+,26+,27-/m1/s1. The number of carbonyl (C=O) groups is 2. The molecule has 2 aliphatic carbocycles. The summed E-state index contributed by atoms with van der Waals surface area (Å²) in [5, 5.41) is 19.3. The minimum atomic E-state index is -0.662. The molecule has 2 amide bonds. The maximum atomic E-state index is 12.7. The maximum Gasteiger partial charge on any atom is 0.412 e. The van der Waals surface area contributed by atoms with Crippen LogP contribution in [0.15, 0.2) is 42.6 Å². The topological polar surface area (TPSA) is 149 Å². The number of allylic oxidation sites excluding steroid dienone is 1. The van der Waals surface area contributed by atoms with E-state index in [0.29, 0.717) is 28.4 Å². The van der Waals surface area contributed by atoms with Gasteiger partial charge < -0.3 is 30.9 Å². The van der Waals surface area contributed by atoms with Crippen LogP contribution >= 0.6 is 0 Å². The number of fused-ring (bicyclic) bond motifs is 2. The fraction of sp³-hybridized carbons (Fsp3) is 0.467. The van der Waals surface area contributed by atoms with Crippen LogP contribution in [0.25, 0.3) is 0 Å². The first-order valence-electron chi connectivity index (χ1n) is 13.8. The fourth-order valence-electron chi connectivity index (χ4n) is 5.33. The first-order valence-corrected chi connectivity index (χ1v) is 13.8. The molecule has 2 aliphatic rings. The number of nitriles is 1. The highest BCUT2D eigenvalue weighted by atomic mass is 16.6. The number of benzene rings is 1. The fourth-order valence-corrected chi connectivity index (χ4v) is 5.33. The third-order valence-corrected chi connectivity index (χ3v) is 7.36.